The van der Waals surface area contributed by atoms with Gasteiger partial charge in [-0.3, -0.25) is 28.0 Å². The van der Waals surface area contributed by atoms with Gasteiger partial charge in [-0.05, 0) is 17.8 Å². The van der Waals surface area contributed by atoms with Crippen molar-refractivity contribution in [1.29, 1.82) is 0 Å². The fourth-order valence-electron chi connectivity index (χ4n) is 3.96. The van der Waals surface area contributed by atoms with Crippen LogP contribution in [0.15, 0.2) is 0 Å². The predicted octanol–water partition coefficient (Wildman–Crippen LogP) is 1.31. The second kappa shape index (κ2) is 15.6. The van der Waals surface area contributed by atoms with Crippen molar-refractivity contribution >= 4 is 41.4 Å². The molecule has 0 aromatic rings. The van der Waals surface area contributed by atoms with Crippen LogP contribution in [0.25, 0.3) is 0 Å². The molecule has 18 nitrogen and oxygen atoms in total. The fourth-order valence-corrected chi connectivity index (χ4v) is 5.63. The zero-order valence-electron chi connectivity index (χ0n) is 23.7. The van der Waals surface area contributed by atoms with E-state index in [2.05, 4.69) is 13.6 Å². The summed E-state index contributed by atoms with van der Waals surface area (Å²) in [5, 5.41) is 0. The highest BCUT2D eigenvalue weighted by Crippen LogP contribution is 2.51. The molecular weight excluding hydrogens is 633 g/mol. The monoisotopic (exact) mass is 672 g/mol. The topological polar surface area (TPSA) is 279 Å². The van der Waals surface area contributed by atoms with Crippen LogP contribution in [0.5, 0.6) is 0 Å². The van der Waals surface area contributed by atoms with Crippen molar-refractivity contribution in [3.8, 4) is 0 Å². The van der Waals surface area contributed by atoms with E-state index in [1.165, 1.54) is 0 Å². The molecule has 1 aliphatic rings. The quantitative estimate of drug-likeness (QED) is 0.0812. The molecule has 246 valence electrons. The molecule has 0 bridgehead atoms. The normalized spacial score (nSPS) is 25.5. The Morgan fingerprint density at radius 3 is 0.857 bits per heavy atom. The third kappa shape index (κ3) is 14.5. The zero-order valence-corrected chi connectivity index (χ0v) is 26.4. The summed E-state index contributed by atoms with van der Waals surface area (Å²) in [6, 6.07) is 0. The molecule has 6 N–H and O–H groups in total. The van der Waals surface area contributed by atoms with Crippen molar-refractivity contribution in [2.75, 3.05) is 0 Å². The third-order valence-corrected chi connectivity index (χ3v) is 6.80. The predicted molar refractivity (Wildman–Crippen MR) is 139 cm³/mol. The van der Waals surface area contributed by atoms with Crippen molar-refractivity contribution < 1.29 is 85.2 Å². The van der Waals surface area contributed by atoms with Crippen molar-refractivity contribution in [3.05, 3.63) is 0 Å². The van der Waals surface area contributed by atoms with Crippen molar-refractivity contribution in [2.45, 2.75) is 97.4 Å². The average molecular weight is 672 g/mol. The van der Waals surface area contributed by atoms with E-state index in [4.69, 9.17) is 14.2 Å². The van der Waals surface area contributed by atoms with Gasteiger partial charge >= 0.3 is 41.4 Å². The summed E-state index contributed by atoms with van der Waals surface area (Å²) in [7, 11) is -17.1. The number of esters is 3. The molecule has 0 spiro atoms. The lowest BCUT2D eigenvalue weighted by Gasteiger charge is -2.47. The number of hydrogen-bond acceptors (Lipinski definition) is 12. The molecule has 42 heavy (non-hydrogen) atoms. The van der Waals surface area contributed by atoms with Gasteiger partial charge in [-0.1, -0.05) is 41.5 Å². The van der Waals surface area contributed by atoms with Gasteiger partial charge in [-0.2, -0.15) is 0 Å². The largest absolute Gasteiger partial charge is 0.470 e. The summed E-state index contributed by atoms with van der Waals surface area (Å²) in [6.45, 7) is 9.65. The number of phosphoric acid groups is 3. The molecular formula is C21H39O18P3. The Morgan fingerprint density at radius 2 is 0.667 bits per heavy atom. The molecule has 0 aromatic carbocycles. The Bertz CT molecular complexity index is 1010. The minimum atomic E-state index is -5.73. The molecule has 1 saturated carbocycles. The third-order valence-electron chi connectivity index (χ3n) is 5.25. The van der Waals surface area contributed by atoms with E-state index >= 15 is 0 Å². The van der Waals surface area contributed by atoms with Gasteiger partial charge in [0.15, 0.2) is 18.3 Å². The molecule has 21 heteroatoms. The van der Waals surface area contributed by atoms with E-state index in [9.17, 15) is 57.4 Å². The number of ether oxygens (including phenoxy) is 3. The van der Waals surface area contributed by atoms with E-state index in [0.717, 1.165) is 0 Å². The van der Waals surface area contributed by atoms with Crippen molar-refractivity contribution in [1.82, 2.24) is 0 Å². The summed E-state index contributed by atoms with van der Waals surface area (Å²) in [6.07, 6.45) is -15.1. The van der Waals surface area contributed by atoms with Crippen LogP contribution in [0.2, 0.25) is 0 Å². The molecule has 1 rings (SSSR count). The minimum Gasteiger partial charge on any atom is -0.455 e. The summed E-state index contributed by atoms with van der Waals surface area (Å²) < 4.78 is 65.9. The second-order valence-electron chi connectivity index (χ2n) is 10.8. The molecule has 0 heterocycles. The first kappa shape index (κ1) is 38.8. The molecule has 0 amide bonds. The maximum absolute atomic E-state index is 12.8. The summed E-state index contributed by atoms with van der Waals surface area (Å²) in [4.78, 5) is 95.9. The molecule has 0 aromatic heterocycles. The molecule has 4 unspecified atom stereocenters. The lowest BCUT2D eigenvalue weighted by molar-refractivity contribution is -0.241. The maximum atomic E-state index is 12.8. The van der Waals surface area contributed by atoms with Gasteiger partial charge in [0.25, 0.3) is 0 Å². The summed E-state index contributed by atoms with van der Waals surface area (Å²) in [5.41, 5.74) is 0. The first-order valence-corrected chi connectivity index (χ1v) is 17.3. The van der Waals surface area contributed by atoms with Crippen LogP contribution < -0.4 is 0 Å². The lowest BCUT2D eigenvalue weighted by Crippen LogP contribution is -2.68. The molecule has 1 fully saturated rings. The van der Waals surface area contributed by atoms with Gasteiger partial charge in [0, 0.05) is 19.3 Å². The van der Waals surface area contributed by atoms with Crippen molar-refractivity contribution in [2.24, 2.45) is 17.8 Å². The molecule has 0 aliphatic heterocycles. The number of carbonyl (C=O) groups excluding carboxylic acids is 3. The molecule has 1 aliphatic carbocycles. The van der Waals surface area contributed by atoms with Gasteiger partial charge < -0.3 is 43.6 Å². The highest BCUT2D eigenvalue weighted by atomic mass is 31.2. The number of phosphoric ester groups is 3. The maximum Gasteiger partial charge on any atom is 0.470 e. The highest BCUT2D eigenvalue weighted by molar-refractivity contribution is 7.47. The Morgan fingerprint density at radius 1 is 0.476 bits per heavy atom. The Labute approximate surface area is 242 Å². The van der Waals surface area contributed by atoms with Gasteiger partial charge in [0.1, 0.15) is 18.3 Å². The van der Waals surface area contributed by atoms with Crippen LogP contribution in [0.1, 0.15) is 60.8 Å². The van der Waals surface area contributed by atoms with Crippen molar-refractivity contribution in [3.63, 3.8) is 0 Å². The fraction of sp³-hybridized carbons (Fsp3) is 0.857. The second-order valence-corrected chi connectivity index (χ2v) is 14.4. The Hall–Kier alpha value is -1.26. The summed E-state index contributed by atoms with van der Waals surface area (Å²) in [5.74, 6) is -4.22. The van der Waals surface area contributed by atoms with Crippen LogP contribution in [0.4, 0.5) is 0 Å². The van der Waals surface area contributed by atoms with Crippen LogP contribution in [-0.4, -0.2) is 83.9 Å². The standard InChI is InChI=1S/C21H39O18P3/c1-10(2)7-13(22)34-16-17(35-14(23)8-11(3)4)19(37-40(25,26)27)21(39-42(31,32)33)20(38-41(28,29)30)18(16)36-15(24)9-12(5)6/h10-12,16-21H,7-9H2,1-6H3,(H2,25,26,27)(H2,28,29,30)(H2,31,32,33). The smallest absolute Gasteiger partial charge is 0.455 e. The van der Waals surface area contributed by atoms with Crippen LogP contribution in [0, 0.1) is 17.8 Å². The number of carbonyl (C=O) groups is 3. The highest BCUT2D eigenvalue weighted by Gasteiger charge is 2.62. The lowest BCUT2D eigenvalue weighted by atomic mass is 9.84. The van der Waals surface area contributed by atoms with Crippen LogP contribution >= 0.6 is 23.5 Å². The SMILES string of the molecule is CC(C)CC(=O)OC1C(OC(=O)CC(C)C)C(OP(=O)(O)O)C(OP(=O)(O)O)C(OP(=O)(O)O)C1OC(=O)CC(C)C. The Balaban J connectivity index is 4.00. The first-order chi connectivity index (χ1) is 18.9. The number of rotatable bonds is 15. The van der Waals surface area contributed by atoms with E-state index in [1.54, 1.807) is 41.5 Å². The average Bonchev–Trinajstić information content (AvgIpc) is 2.71. The van der Waals surface area contributed by atoms with Gasteiger partial charge in [0.2, 0.25) is 0 Å². The molecule has 4 atom stereocenters. The molecule has 0 radical (unpaired) electrons. The van der Waals surface area contributed by atoms with Crippen LogP contribution in [0.3, 0.4) is 0 Å². The summed E-state index contributed by atoms with van der Waals surface area (Å²) >= 11 is 0. The van der Waals surface area contributed by atoms with Gasteiger partial charge in [0.05, 0.1) is 0 Å². The van der Waals surface area contributed by atoms with E-state index in [1.807, 2.05) is 0 Å². The van der Waals surface area contributed by atoms with Crippen LogP contribution in [-0.2, 0) is 55.9 Å². The minimum absolute atomic E-state index is 0.299. The Kier molecular flexibility index (Phi) is 14.4. The zero-order chi connectivity index (χ0) is 32.8. The van der Waals surface area contributed by atoms with E-state index < -0.39 is 78.0 Å². The van der Waals surface area contributed by atoms with Gasteiger partial charge in [-0.15, -0.1) is 0 Å². The molecule has 0 saturated heterocycles. The van der Waals surface area contributed by atoms with Gasteiger partial charge in [-0.25, -0.2) is 13.7 Å². The number of hydrogen-bond donors (Lipinski definition) is 6. The van der Waals surface area contributed by atoms with E-state index in [-0.39, 0.29) is 37.0 Å². The van der Waals surface area contributed by atoms with E-state index in [0.29, 0.717) is 0 Å². The first-order valence-electron chi connectivity index (χ1n) is 12.7.